The number of hydrogen-bond donors (Lipinski definition) is 1. The Labute approximate surface area is 115 Å². The predicted molar refractivity (Wildman–Crippen MR) is 79.9 cm³/mol. The number of nitrogens with two attached hydrogens (primary N) is 1. The Balaban J connectivity index is 1.79. The molecule has 1 aromatic rings. The van der Waals surface area contributed by atoms with Crippen LogP contribution in [0.5, 0.6) is 0 Å². The highest BCUT2D eigenvalue weighted by molar-refractivity contribution is 7.10. The van der Waals surface area contributed by atoms with Gasteiger partial charge in [0.15, 0.2) is 0 Å². The summed E-state index contributed by atoms with van der Waals surface area (Å²) in [7, 11) is 2.26. The van der Waals surface area contributed by atoms with Gasteiger partial charge in [-0.3, -0.25) is 4.90 Å². The van der Waals surface area contributed by atoms with Gasteiger partial charge in [-0.15, -0.1) is 11.3 Å². The van der Waals surface area contributed by atoms with E-state index in [1.54, 1.807) is 0 Å². The summed E-state index contributed by atoms with van der Waals surface area (Å²) in [5.41, 5.74) is 5.75. The molecule has 0 spiro atoms. The second-order valence-corrected chi connectivity index (χ2v) is 6.73. The van der Waals surface area contributed by atoms with Gasteiger partial charge in [-0.2, -0.15) is 0 Å². The van der Waals surface area contributed by atoms with Crippen LogP contribution in [0.3, 0.4) is 0 Å². The molecule has 0 bridgehead atoms. The maximum absolute atomic E-state index is 5.75. The second kappa shape index (κ2) is 6.69. The first-order valence-corrected chi connectivity index (χ1v) is 8.02. The topological polar surface area (TPSA) is 29.3 Å². The summed E-state index contributed by atoms with van der Waals surface area (Å²) in [5.74, 6) is 1.67. The lowest BCUT2D eigenvalue weighted by Gasteiger charge is -2.33. The Bertz CT molecular complexity index is 328. The van der Waals surface area contributed by atoms with Crippen LogP contribution in [0.25, 0.3) is 0 Å². The summed E-state index contributed by atoms with van der Waals surface area (Å²) in [4.78, 5) is 3.99. The SMILES string of the molecule is CC(c1cccs1)N(C)CC1CCC(CN)CC1. The highest BCUT2D eigenvalue weighted by atomic mass is 32.1. The monoisotopic (exact) mass is 266 g/mol. The molecule has 1 fully saturated rings. The fourth-order valence-electron chi connectivity index (χ4n) is 2.96. The van der Waals surface area contributed by atoms with E-state index in [2.05, 4.69) is 36.4 Å². The second-order valence-electron chi connectivity index (χ2n) is 5.75. The van der Waals surface area contributed by atoms with Gasteiger partial charge in [0.05, 0.1) is 0 Å². The molecule has 2 rings (SSSR count). The van der Waals surface area contributed by atoms with Crippen molar-refractivity contribution < 1.29 is 0 Å². The normalized spacial score (nSPS) is 26.4. The molecule has 3 heteroatoms. The van der Waals surface area contributed by atoms with E-state index in [0.29, 0.717) is 6.04 Å². The molecule has 0 amide bonds. The quantitative estimate of drug-likeness (QED) is 0.883. The van der Waals surface area contributed by atoms with Gasteiger partial charge in [0, 0.05) is 17.5 Å². The first-order valence-electron chi connectivity index (χ1n) is 7.14. The van der Waals surface area contributed by atoms with Crippen molar-refractivity contribution in [3.8, 4) is 0 Å². The predicted octanol–water partition coefficient (Wildman–Crippen LogP) is 3.51. The van der Waals surface area contributed by atoms with Crippen LogP contribution in [-0.2, 0) is 0 Å². The van der Waals surface area contributed by atoms with Crippen molar-refractivity contribution in [1.29, 1.82) is 0 Å². The average Bonchev–Trinajstić information content (AvgIpc) is 2.92. The number of nitrogens with zero attached hydrogens (tertiary/aromatic N) is 1. The first kappa shape index (κ1) is 14.0. The summed E-state index contributed by atoms with van der Waals surface area (Å²) >= 11 is 1.87. The van der Waals surface area contributed by atoms with Gasteiger partial charge >= 0.3 is 0 Å². The van der Waals surface area contributed by atoms with E-state index < -0.39 is 0 Å². The van der Waals surface area contributed by atoms with Gasteiger partial charge in [-0.25, -0.2) is 0 Å². The van der Waals surface area contributed by atoms with Crippen LogP contribution in [-0.4, -0.2) is 25.0 Å². The van der Waals surface area contributed by atoms with Crippen molar-refractivity contribution in [1.82, 2.24) is 4.90 Å². The Kier molecular flexibility index (Phi) is 5.22. The molecule has 0 aromatic carbocycles. The molecule has 102 valence electrons. The van der Waals surface area contributed by atoms with Crippen molar-refractivity contribution in [2.75, 3.05) is 20.1 Å². The molecular formula is C15H26N2S. The molecule has 0 radical (unpaired) electrons. The van der Waals surface area contributed by atoms with Gasteiger partial charge < -0.3 is 5.73 Å². The molecule has 0 saturated heterocycles. The molecule has 18 heavy (non-hydrogen) atoms. The van der Waals surface area contributed by atoms with Crippen molar-refractivity contribution in [2.24, 2.45) is 17.6 Å². The van der Waals surface area contributed by atoms with Crippen molar-refractivity contribution >= 4 is 11.3 Å². The molecule has 1 saturated carbocycles. The molecule has 1 unspecified atom stereocenters. The van der Waals surface area contributed by atoms with Gasteiger partial charge in [0.1, 0.15) is 0 Å². The average molecular weight is 266 g/mol. The maximum Gasteiger partial charge on any atom is 0.0410 e. The molecule has 1 atom stereocenters. The Hall–Kier alpha value is -0.380. The standard InChI is InChI=1S/C15H26N2S/c1-12(15-4-3-9-18-15)17(2)11-14-7-5-13(10-16)6-8-14/h3-4,9,12-14H,5-8,10-11,16H2,1-2H3. The molecule has 2 N–H and O–H groups in total. The Morgan fingerprint density at radius 1 is 1.33 bits per heavy atom. The molecule has 2 nitrogen and oxygen atoms in total. The van der Waals surface area contributed by atoms with Crippen LogP contribution in [0, 0.1) is 11.8 Å². The fourth-order valence-corrected chi connectivity index (χ4v) is 3.81. The molecule has 1 aromatic heterocycles. The van der Waals surface area contributed by atoms with Gasteiger partial charge in [0.25, 0.3) is 0 Å². The Morgan fingerprint density at radius 3 is 2.56 bits per heavy atom. The fraction of sp³-hybridized carbons (Fsp3) is 0.733. The summed E-state index contributed by atoms with van der Waals surface area (Å²) in [6.07, 6.45) is 5.40. The highest BCUT2D eigenvalue weighted by Gasteiger charge is 2.23. The summed E-state index contributed by atoms with van der Waals surface area (Å²) in [5, 5.41) is 2.17. The summed E-state index contributed by atoms with van der Waals surface area (Å²) < 4.78 is 0. The number of thiophene rings is 1. The van der Waals surface area contributed by atoms with Crippen LogP contribution in [0.4, 0.5) is 0 Å². The van der Waals surface area contributed by atoms with Crippen LogP contribution < -0.4 is 5.73 Å². The van der Waals surface area contributed by atoms with Crippen molar-refractivity contribution in [2.45, 2.75) is 38.6 Å². The van der Waals surface area contributed by atoms with Crippen molar-refractivity contribution in [3.05, 3.63) is 22.4 Å². The minimum Gasteiger partial charge on any atom is -0.330 e. The van der Waals surface area contributed by atoms with Crippen LogP contribution in [0.2, 0.25) is 0 Å². The van der Waals surface area contributed by atoms with E-state index in [4.69, 9.17) is 5.73 Å². The molecule has 0 aliphatic heterocycles. The van der Waals surface area contributed by atoms with E-state index in [1.807, 2.05) is 11.3 Å². The molecule has 1 aliphatic carbocycles. The lowest BCUT2D eigenvalue weighted by Crippen LogP contribution is -2.31. The van der Waals surface area contributed by atoms with Gasteiger partial charge in [-0.05, 0) is 69.5 Å². The zero-order chi connectivity index (χ0) is 13.0. The van der Waals surface area contributed by atoms with Gasteiger partial charge in [0.2, 0.25) is 0 Å². The van der Waals surface area contributed by atoms with Gasteiger partial charge in [-0.1, -0.05) is 6.07 Å². The minimum atomic E-state index is 0.553. The van der Waals surface area contributed by atoms with E-state index in [-0.39, 0.29) is 0 Å². The third kappa shape index (κ3) is 3.56. The van der Waals surface area contributed by atoms with E-state index in [1.165, 1.54) is 37.1 Å². The van der Waals surface area contributed by atoms with E-state index in [9.17, 15) is 0 Å². The van der Waals surface area contributed by atoms with E-state index >= 15 is 0 Å². The largest absolute Gasteiger partial charge is 0.330 e. The summed E-state index contributed by atoms with van der Waals surface area (Å²) in [6.45, 7) is 4.43. The zero-order valence-electron chi connectivity index (χ0n) is 11.6. The smallest absolute Gasteiger partial charge is 0.0410 e. The third-order valence-electron chi connectivity index (χ3n) is 4.46. The van der Waals surface area contributed by atoms with E-state index in [0.717, 1.165) is 18.4 Å². The van der Waals surface area contributed by atoms with Crippen LogP contribution >= 0.6 is 11.3 Å². The Morgan fingerprint density at radius 2 is 2.00 bits per heavy atom. The maximum atomic E-state index is 5.75. The lowest BCUT2D eigenvalue weighted by molar-refractivity contribution is 0.176. The first-order chi connectivity index (χ1) is 8.70. The number of hydrogen-bond acceptors (Lipinski definition) is 3. The molecular weight excluding hydrogens is 240 g/mol. The lowest BCUT2D eigenvalue weighted by atomic mass is 9.82. The summed E-state index contributed by atoms with van der Waals surface area (Å²) in [6, 6.07) is 4.95. The minimum absolute atomic E-state index is 0.553. The van der Waals surface area contributed by atoms with Crippen LogP contribution in [0.1, 0.15) is 43.5 Å². The third-order valence-corrected chi connectivity index (χ3v) is 5.50. The molecule has 1 aliphatic rings. The van der Waals surface area contributed by atoms with Crippen molar-refractivity contribution in [3.63, 3.8) is 0 Å². The molecule has 1 heterocycles. The number of rotatable bonds is 5. The highest BCUT2D eigenvalue weighted by Crippen LogP contribution is 2.31. The zero-order valence-corrected chi connectivity index (χ0v) is 12.5. The van der Waals surface area contributed by atoms with Crippen LogP contribution in [0.15, 0.2) is 17.5 Å².